The Bertz CT molecular complexity index is 496. The maximum atomic E-state index is 10.9. The maximum Gasteiger partial charge on any atom is 1.00 e. The predicted molar refractivity (Wildman–Crippen MR) is 58.1 cm³/mol. The molecule has 2 atom stereocenters. The van der Waals surface area contributed by atoms with E-state index in [1.807, 2.05) is 0 Å². The molecule has 0 bridgehead atoms. The fourth-order valence-electron chi connectivity index (χ4n) is 1.60. The van der Waals surface area contributed by atoms with E-state index in [-0.39, 0.29) is 161 Å². The summed E-state index contributed by atoms with van der Waals surface area (Å²) in [4.78, 5) is 32.2. The van der Waals surface area contributed by atoms with Gasteiger partial charge in [0.05, 0.1) is 12.6 Å². The summed E-state index contributed by atoms with van der Waals surface area (Å²) < 4.78 is 4.94. The van der Waals surface area contributed by atoms with Crippen LogP contribution in [0.15, 0.2) is 30.3 Å². The van der Waals surface area contributed by atoms with Gasteiger partial charge in [-0.2, -0.15) is 0 Å². The van der Waals surface area contributed by atoms with Crippen LogP contribution >= 0.6 is 0 Å². The second-order valence-electron chi connectivity index (χ2n) is 4.04. The molecular formula is C13H11K3O7. The summed E-state index contributed by atoms with van der Waals surface area (Å²) in [6.45, 7) is -0.198. The van der Waals surface area contributed by atoms with E-state index in [0.29, 0.717) is 5.56 Å². The molecule has 1 aromatic rings. The summed E-state index contributed by atoms with van der Waals surface area (Å²) in [5.74, 6) is -7.27. The van der Waals surface area contributed by atoms with Crippen molar-refractivity contribution in [3.63, 3.8) is 0 Å². The normalized spacial score (nSPS) is 11.7. The van der Waals surface area contributed by atoms with Gasteiger partial charge in [-0.1, -0.05) is 30.3 Å². The van der Waals surface area contributed by atoms with Crippen LogP contribution in [0.1, 0.15) is 12.0 Å². The minimum Gasteiger partial charge on any atom is -0.550 e. The van der Waals surface area contributed by atoms with Gasteiger partial charge in [0.25, 0.3) is 0 Å². The molecule has 0 radical (unpaired) electrons. The molecule has 1 aromatic carbocycles. The smallest absolute Gasteiger partial charge is 0.550 e. The summed E-state index contributed by atoms with van der Waals surface area (Å²) in [5, 5.41) is 32.2. The van der Waals surface area contributed by atoms with Gasteiger partial charge in [0, 0.05) is 17.9 Å². The standard InChI is InChI=1S/C13H14O7.3K/c14-10(15)6-9(12(16)17)11(13(18)19)20-7-8-4-2-1-3-5-8;;;/h1-5,9,11H,6-7H2,(H,14,15)(H,16,17)(H,18,19);;;/q;3*+1/p-3. The summed E-state index contributed by atoms with van der Waals surface area (Å²) >= 11 is 0. The fraction of sp³-hybridized carbons (Fsp3) is 0.308. The first-order valence-electron chi connectivity index (χ1n) is 5.69. The van der Waals surface area contributed by atoms with Crippen LogP contribution in [0.3, 0.4) is 0 Å². The van der Waals surface area contributed by atoms with E-state index in [9.17, 15) is 29.7 Å². The molecule has 0 aromatic heterocycles. The monoisotopic (exact) mass is 396 g/mol. The van der Waals surface area contributed by atoms with Gasteiger partial charge < -0.3 is 34.4 Å². The van der Waals surface area contributed by atoms with E-state index in [2.05, 4.69) is 0 Å². The third kappa shape index (κ3) is 12.5. The molecule has 2 unspecified atom stereocenters. The van der Waals surface area contributed by atoms with Crippen LogP contribution in [0.2, 0.25) is 0 Å². The van der Waals surface area contributed by atoms with Crippen LogP contribution in [0.5, 0.6) is 0 Å². The Balaban J connectivity index is -0.00000133. The zero-order valence-corrected chi connectivity index (χ0v) is 22.7. The Morgan fingerprint density at radius 2 is 1.43 bits per heavy atom. The Morgan fingerprint density at radius 1 is 0.913 bits per heavy atom. The first-order valence-corrected chi connectivity index (χ1v) is 5.69. The summed E-state index contributed by atoms with van der Waals surface area (Å²) in [7, 11) is 0. The number of hydrogen-bond donors (Lipinski definition) is 0. The third-order valence-electron chi connectivity index (χ3n) is 2.56. The summed E-state index contributed by atoms with van der Waals surface area (Å²) in [6.07, 6.45) is -2.96. The van der Waals surface area contributed by atoms with E-state index in [1.165, 1.54) is 0 Å². The molecule has 0 aliphatic carbocycles. The van der Waals surface area contributed by atoms with Crippen molar-refractivity contribution < 1.29 is 189 Å². The minimum atomic E-state index is -1.93. The van der Waals surface area contributed by atoms with Crippen LogP contribution in [0.4, 0.5) is 0 Å². The zero-order valence-electron chi connectivity index (χ0n) is 13.3. The molecule has 10 heteroatoms. The molecule has 1 rings (SSSR count). The predicted octanol–water partition coefficient (Wildman–Crippen LogP) is -12.2. The van der Waals surface area contributed by atoms with Crippen LogP contribution in [-0.4, -0.2) is 24.0 Å². The van der Waals surface area contributed by atoms with Crippen molar-refractivity contribution in [1.82, 2.24) is 0 Å². The number of aliphatic carboxylic acids is 3. The van der Waals surface area contributed by atoms with Crippen LogP contribution in [0, 0.1) is 5.92 Å². The number of rotatable bonds is 8. The first kappa shape index (κ1) is 30.2. The van der Waals surface area contributed by atoms with Crippen LogP contribution in [0.25, 0.3) is 0 Å². The van der Waals surface area contributed by atoms with Crippen molar-refractivity contribution in [2.75, 3.05) is 0 Å². The average molecular weight is 397 g/mol. The molecule has 0 fully saturated rings. The molecule has 108 valence electrons. The number of hydrogen-bond acceptors (Lipinski definition) is 7. The second kappa shape index (κ2) is 16.7. The molecule has 0 saturated heterocycles. The van der Waals surface area contributed by atoms with Crippen LogP contribution < -0.4 is 169 Å². The molecule has 0 saturated carbocycles. The molecule has 0 N–H and O–H groups in total. The number of carbonyl (C=O) groups excluding carboxylic acids is 3. The number of carboxylic acids is 3. The van der Waals surface area contributed by atoms with Gasteiger partial charge in [0.1, 0.15) is 6.10 Å². The quantitative estimate of drug-likeness (QED) is 0.399. The molecule has 0 amide bonds. The number of ether oxygens (including phenoxy) is 1. The van der Waals surface area contributed by atoms with Crippen molar-refractivity contribution in [3.05, 3.63) is 35.9 Å². The van der Waals surface area contributed by atoms with Gasteiger partial charge in [0.15, 0.2) is 0 Å². The second-order valence-corrected chi connectivity index (χ2v) is 4.04. The molecule has 0 aliphatic heterocycles. The number of benzene rings is 1. The Morgan fingerprint density at radius 3 is 1.83 bits per heavy atom. The molecular weight excluding hydrogens is 385 g/mol. The van der Waals surface area contributed by atoms with Gasteiger partial charge in [-0.25, -0.2) is 0 Å². The van der Waals surface area contributed by atoms with Gasteiger partial charge in [0.2, 0.25) is 0 Å². The number of carbonyl (C=O) groups is 3. The van der Waals surface area contributed by atoms with E-state index >= 15 is 0 Å². The van der Waals surface area contributed by atoms with E-state index in [4.69, 9.17) is 4.74 Å². The molecule has 0 spiro atoms. The largest absolute Gasteiger partial charge is 1.00 e. The fourth-order valence-corrected chi connectivity index (χ4v) is 1.60. The van der Waals surface area contributed by atoms with E-state index in [0.717, 1.165) is 0 Å². The topological polar surface area (TPSA) is 130 Å². The maximum absolute atomic E-state index is 10.9. The van der Waals surface area contributed by atoms with E-state index < -0.39 is 36.4 Å². The van der Waals surface area contributed by atoms with Gasteiger partial charge in [-0.05, 0) is 12.0 Å². The van der Waals surface area contributed by atoms with Gasteiger partial charge >= 0.3 is 154 Å². The Hall–Kier alpha value is 2.50. The van der Waals surface area contributed by atoms with Gasteiger partial charge in [-0.15, -0.1) is 0 Å². The van der Waals surface area contributed by atoms with E-state index in [1.54, 1.807) is 30.3 Å². The SMILES string of the molecule is O=C([O-])CC(C(=O)[O-])C(OCc1ccccc1)C(=O)[O-].[K+].[K+].[K+]. The van der Waals surface area contributed by atoms with Crippen molar-refractivity contribution in [1.29, 1.82) is 0 Å². The average Bonchev–Trinajstić information content (AvgIpc) is 2.38. The summed E-state index contributed by atoms with van der Waals surface area (Å²) in [5.41, 5.74) is 0.601. The third-order valence-corrected chi connectivity index (χ3v) is 2.56. The minimum absolute atomic E-state index is 0. The molecule has 23 heavy (non-hydrogen) atoms. The molecule has 0 heterocycles. The van der Waals surface area contributed by atoms with Crippen molar-refractivity contribution in [2.45, 2.75) is 19.1 Å². The van der Waals surface area contributed by atoms with Crippen molar-refractivity contribution in [2.24, 2.45) is 5.92 Å². The molecule has 7 nitrogen and oxygen atoms in total. The Labute approximate surface area is 261 Å². The summed E-state index contributed by atoms with van der Waals surface area (Å²) in [6, 6.07) is 8.38. The van der Waals surface area contributed by atoms with Gasteiger partial charge in [-0.3, -0.25) is 0 Å². The zero-order chi connectivity index (χ0) is 15.1. The first-order chi connectivity index (χ1) is 9.41. The number of carboxylic acid groups (broad SMARTS) is 3. The molecule has 0 aliphatic rings. The Kier molecular flexibility index (Phi) is 21.9. The van der Waals surface area contributed by atoms with Crippen molar-refractivity contribution >= 4 is 17.9 Å². The van der Waals surface area contributed by atoms with Crippen LogP contribution in [-0.2, 0) is 25.7 Å². The van der Waals surface area contributed by atoms with Crippen molar-refractivity contribution in [3.8, 4) is 0 Å².